The van der Waals surface area contributed by atoms with Gasteiger partial charge in [0.2, 0.25) is 5.91 Å². The molecule has 156 valence electrons. The predicted molar refractivity (Wildman–Crippen MR) is 111 cm³/mol. The zero-order valence-corrected chi connectivity index (χ0v) is 18.3. The van der Waals surface area contributed by atoms with Gasteiger partial charge in [-0.2, -0.15) is 0 Å². The molecule has 0 aliphatic carbocycles. The molecule has 0 bridgehead atoms. The van der Waals surface area contributed by atoms with Crippen molar-refractivity contribution < 1.29 is 21.6 Å². The van der Waals surface area contributed by atoms with E-state index in [0.717, 1.165) is 11.1 Å². The summed E-state index contributed by atoms with van der Waals surface area (Å²) in [5, 5.41) is 1.50. The number of nitrogens with one attached hydrogen (secondary N) is 1. The quantitative estimate of drug-likeness (QED) is 0.752. The van der Waals surface area contributed by atoms with Crippen molar-refractivity contribution in [3.05, 3.63) is 59.7 Å². The maximum absolute atomic E-state index is 13.0. The van der Waals surface area contributed by atoms with Crippen molar-refractivity contribution >= 4 is 25.6 Å². The molecule has 2 aromatic carbocycles. The maximum Gasteiger partial charge on any atom is 0.224 e. The Kier molecular flexibility index (Phi) is 5.87. The fraction of sp³-hybridized carbons (Fsp3) is 0.381. The topological polar surface area (TPSA) is 97.4 Å². The summed E-state index contributed by atoms with van der Waals surface area (Å²) in [6, 6.07) is 13.0. The number of amides is 1. The van der Waals surface area contributed by atoms with Crippen LogP contribution in [0.4, 0.5) is 0 Å². The molecule has 6 nitrogen and oxygen atoms in total. The smallest absolute Gasteiger partial charge is 0.224 e. The monoisotopic (exact) mass is 435 g/mol. The number of aryl methyl sites for hydroxylation is 2. The third-order valence-electron chi connectivity index (χ3n) is 5.50. The molecule has 0 spiro atoms. The fourth-order valence-corrected chi connectivity index (χ4v) is 6.79. The first-order valence-electron chi connectivity index (χ1n) is 9.43. The van der Waals surface area contributed by atoms with Crippen LogP contribution in [0.1, 0.15) is 24.5 Å². The molecule has 3 rings (SSSR count). The molecule has 29 heavy (non-hydrogen) atoms. The second-order valence-corrected chi connectivity index (χ2v) is 11.9. The van der Waals surface area contributed by atoms with Gasteiger partial charge in [-0.05, 0) is 44.5 Å². The molecule has 0 saturated carbocycles. The van der Waals surface area contributed by atoms with Crippen molar-refractivity contribution in [2.24, 2.45) is 11.8 Å². The Bertz CT molecular complexity index is 1100. The first-order valence-corrected chi connectivity index (χ1v) is 12.6. The van der Waals surface area contributed by atoms with E-state index < -0.39 is 42.8 Å². The molecule has 0 aromatic heterocycles. The molecule has 3 unspecified atom stereocenters. The molecule has 8 heteroatoms. The number of carbonyl (C=O) groups excluding carboxylic acids is 1. The second kappa shape index (κ2) is 7.91. The maximum atomic E-state index is 13.0. The van der Waals surface area contributed by atoms with E-state index in [1.807, 2.05) is 13.8 Å². The summed E-state index contributed by atoms with van der Waals surface area (Å²) in [7, 11) is -7.31. The summed E-state index contributed by atoms with van der Waals surface area (Å²) in [5.41, 5.74) is 1.89. The van der Waals surface area contributed by atoms with E-state index in [1.165, 1.54) is 12.1 Å². The van der Waals surface area contributed by atoms with E-state index >= 15 is 0 Å². The van der Waals surface area contributed by atoms with Crippen molar-refractivity contribution in [2.75, 3.05) is 5.75 Å². The number of rotatable bonds is 6. The van der Waals surface area contributed by atoms with E-state index in [1.54, 1.807) is 43.3 Å². The van der Waals surface area contributed by atoms with Crippen molar-refractivity contribution in [2.45, 2.75) is 42.4 Å². The molecular weight excluding hydrogens is 410 g/mol. The largest absolute Gasteiger partial charge is 0.339 e. The van der Waals surface area contributed by atoms with Crippen LogP contribution < -0.4 is 5.32 Å². The lowest BCUT2D eigenvalue weighted by atomic mass is 9.95. The minimum atomic E-state index is -3.76. The molecule has 1 amide bonds. The Morgan fingerprint density at radius 3 is 1.83 bits per heavy atom. The van der Waals surface area contributed by atoms with Crippen LogP contribution in [0.2, 0.25) is 0 Å². The summed E-state index contributed by atoms with van der Waals surface area (Å²) in [4.78, 5) is 12.8. The molecule has 1 N–H and O–H groups in total. The summed E-state index contributed by atoms with van der Waals surface area (Å²) in [6.45, 7) is 5.41. The van der Waals surface area contributed by atoms with Gasteiger partial charge in [0.15, 0.2) is 19.7 Å². The molecule has 1 fully saturated rings. The van der Waals surface area contributed by atoms with Crippen LogP contribution in [-0.4, -0.2) is 33.9 Å². The summed E-state index contributed by atoms with van der Waals surface area (Å²) in [6.07, 6.45) is 0.0725. The number of hydrogen-bond acceptors (Lipinski definition) is 5. The van der Waals surface area contributed by atoms with Crippen molar-refractivity contribution in [3.63, 3.8) is 0 Å². The first-order chi connectivity index (χ1) is 13.5. The molecule has 0 radical (unpaired) electrons. The van der Waals surface area contributed by atoms with Gasteiger partial charge in [-0.15, -0.1) is 0 Å². The predicted octanol–water partition coefficient (Wildman–Crippen LogP) is 2.65. The number of sulfone groups is 2. The number of hydrogen-bond donors (Lipinski definition) is 1. The van der Waals surface area contributed by atoms with E-state index in [9.17, 15) is 21.6 Å². The first kappa shape index (κ1) is 21.5. The Balaban J connectivity index is 1.76. The van der Waals surface area contributed by atoms with Crippen LogP contribution in [0.15, 0.2) is 58.3 Å². The van der Waals surface area contributed by atoms with Crippen molar-refractivity contribution in [1.29, 1.82) is 0 Å². The normalized spacial score (nSPS) is 22.4. The van der Waals surface area contributed by atoms with Crippen LogP contribution in [0.3, 0.4) is 0 Å². The number of carbonyl (C=O) groups is 1. The van der Waals surface area contributed by atoms with E-state index in [0.29, 0.717) is 0 Å². The van der Waals surface area contributed by atoms with Crippen molar-refractivity contribution in [1.82, 2.24) is 5.32 Å². The lowest BCUT2D eigenvalue weighted by Crippen LogP contribution is -2.36. The zero-order chi connectivity index (χ0) is 21.4. The van der Waals surface area contributed by atoms with Gasteiger partial charge in [0.1, 0.15) is 5.37 Å². The molecule has 1 aliphatic heterocycles. The Labute approximate surface area is 172 Å². The molecule has 1 heterocycles. The SMILES string of the molecule is Cc1ccc(S(=O)(=O)CCC2C(=O)NC(S(=O)(=O)c3ccc(C)cc3)C2C)cc1. The van der Waals surface area contributed by atoms with Crippen molar-refractivity contribution in [3.8, 4) is 0 Å². The van der Waals surface area contributed by atoms with Crippen LogP contribution in [0.5, 0.6) is 0 Å². The molecule has 1 saturated heterocycles. The molecule has 2 aromatic rings. The lowest BCUT2D eigenvalue weighted by molar-refractivity contribution is -0.122. The van der Waals surface area contributed by atoms with Crippen LogP contribution in [0, 0.1) is 25.7 Å². The van der Waals surface area contributed by atoms with Crippen LogP contribution in [-0.2, 0) is 24.5 Å². The van der Waals surface area contributed by atoms with Gasteiger partial charge in [-0.1, -0.05) is 42.3 Å². The van der Waals surface area contributed by atoms with Gasteiger partial charge in [0, 0.05) is 11.8 Å². The highest BCUT2D eigenvalue weighted by Crippen LogP contribution is 2.33. The highest BCUT2D eigenvalue weighted by molar-refractivity contribution is 7.92. The van der Waals surface area contributed by atoms with Crippen LogP contribution >= 0.6 is 0 Å². The average molecular weight is 436 g/mol. The Morgan fingerprint density at radius 1 is 0.828 bits per heavy atom. The Hall–Kier alpha value is -2.19. The minimum Gasteiger partial charge on any atom is -0.339 e. The van der Waals surface area contributed by atoms with Gasteiger partial charge in [-0.25, -0.2) is 16.8 Å². The summed E-state index contributed by atoms with van der Waals surface area (Å²) >= 11 is 0. The second-order valence-electron chi connectivity index (χ2n) is 7.67. The summed E-state index contributed by atoms with van der Waals surface area (Å²) in [5.74, 6) is -1.85. The van der Waals surface area contributed by atoms with Gasteiger partial charge < -0.3 is 5.32 Å². The summed E-state index contributed by atoms with van der Waals surface area (Å²) < 4.78 is 51.1. The van der Waals surface area contributed by atoms with E-state index in [-0.39, 0.29) is 22.0 Å². The standard InChI is InChI=1S/C21H25NO5S2/c1-14-4-8-17(9-5-14)28(24,25)13-12-19-16(3)21(22-20(19)23)29(26,27)18-10-6-15(2)7-11-18/h4-11,16,19,21H,12-13H2,1-3H3,(H,22,23). The van der Waals surface area contributed by atoms with E-state index in [2.05, 4.69) is 5.32 Å². The fourth-order valence-electron chi connectivity index (χ4n) is 3.60. The highest BCUT2D eigenvalue weighted by Gasteiger charge is 2.46. The minimum absolute atomic E-state index is 0.0725. The third kappa shape index (κ3) is 4.38. The van der Waals surface area contributed by atoms with Crippen LogP contribution in [0.25, 0.3) is 0 Å². The molecule has 3 atom stereocenters. The lowest BCUT2D eigenvalue weighted by Gasteiger charge is -2.19. The van der Waals surface area contributed by atoms with Gasteiger partial charge in [0.25, 0.3) is 0 Å². The average Bonchev–Trinajstić information content (AvgIpc) is 2.95. The van der Waals surface area contributed by atoms with Gasteiger partial charge >= 0.3 is 0 Å². The number of benzene rings is 2. The highest BCUT2D eigenvalue weighted by atomic mass is 32.2. The van der Waals surface area contributed by atoms with Gasteiger partial charge in [-0.3, -0.25) is 4.79 Å². The Morgan fingerprint density at radius 2 is 1.31 bits per heavy atom. The van der Waals surface area contributed by atoms with Gasteiger partial charge in [0.05, 0.1) is 15.5 Å². The zero-order valence-electron chi connectivity index (χ0n) is 16.6. The molecular formula is C21H25NO5S2. The molecule has 1 aliphatic rings. The van der Waals surface area contributed by atoms with E-state index in [4.69, 9.17) is 0 Å². The third-order valence-corrected chi connectivity index (χ3v) is 9.40.